The summed E-state index contributed by atoms with van der Waals surface area (Å²) in [4.78, 5) is 4.23. The summed E-state index contributed by atoms with van der Waals surface area (Å²) in [6.07, 6.45) is 2.64. The zero-order valence-electron chi connectivity index (χ0n) is 12.3. The first-order valence-electron chi connectivity index (χ1n) is 6.62. The minimum Gasteiger partial charge on any atom is -0.493 e. The third-order valence-corrected chi connectivity index (χ3v) is 3.82. The lowest BCUT2D eigenvalue weighted by Gasteiger charge is -2.34. The van der Waals surface area contributed by atoms with E-state index in [9.17, 15) is 4.39 Å². The molecule has 3 rings (SSSR count). The van der Waals surface area contributed by atoms with Crippen LogP contribution in [0.15, 0.2) is 16.7 Å². The second kappa shape index (κ2) is 6.10. The molecule has 1 aromatic carbocycles. The summed E-state index contributed by atoms with van der Waals surface area (Å²) in [5.41, 5.74) is 5.75. The molecule has 0 unspecified atom stereocenters. The molecule has 2 aromatic rings. The van der Waals surface area contributed by atoms with Gasteiger partial charge in [0.15, 0.2) is 17.3 Å². The maximum Gasteiger partial charge on any atom is 0.261 e. The van der Waals surface area contributed by atoms with Crippen LogP contribution in [0, 0.1) is 5.82 Å². The van der Waals surface area contributed by atoms with Crippen molar-refractivity contribution < 1.29 is 18.4 Å². The summed E-state index contributed by atoms with van der Waals surface area (Å²) in [6.45, 7) is 0. The number of aromatic nitrogens is 2. The molecule has 0 amide bonds. The highest BCUT2D eigenvalue weighted by atomic mass is 35.5. The SMILES string of the molecule is COc1cc(F)c(-c2nc(C3(N)CCC3)no2)cc1OC.Cl. The number of hydrogen-bond acceptors (Lipinski definition) is 6. The van der Waals surface area contributed by atoms with E-state index in [0.717, 1.165) is 19.3 Å². The third-order valence-electron chi connectivity index (χ3n) is 3.82. The standard InChI is InChI=1S/C14H16FN3O3.ClH/c1-19-10-6-8(9(15)7-11(10)20-2)12-17-13(18-21-12)14(16)4-3-5-14;/h6-7H,3-5,16H2,1-2H3;1H. The number of rotatable bonds is 4. The van der Waals surface area contributed by atoms with Gasteiger partial charge in [0.05, 0.1) is 25.3 Å². The normalized spacial score (nSPS) is 15.6. The molecule has 1 fully saturated rings. The molecule has 1 saturated carbocycles. The van der Waals surface area contributed by atoms with Gasteiger partial charge in [0.2, 0.25) is 0 Å². The molecule has 22 heavy (non-hydrogen) atoms. The minimum absolute atomic E-state index is 0. The molecule has 0 atom stereocenters. The van der Waals surface area contributed by atoms with Crippen LogP contribution in [0.2, 0.25) is 0 Å². The maximum atomic E-state index is 14.1. The Bertz CT molecular complexity index is 673. The molecule has 1 aliphatic carbocycles. The fourth-order valence-electron chi connectivity index (χ4n) is 2.33. The number of nitrogens with zero attached hydrogens (tertiary/aromatic N) is 2. The predicted octanol–water partition coefficient (Wildman–Crippen LogP) is 2.65. The number of benzene rings is 1. The second-order valence-electron chi connectivity index (χ2n) is 5.12. The zero-order chi connectivity index (χ0) is 15.0. The fourth-order valence-corrected chi connectivity index (χ4v) is 2.33. The van der Waals surface area contributed by atoms with Crippen molar-refractivity contribution in [1.29, 1.82) is 0 Å². The van der Waals surface area contributed by atoms with Crippen molar-refractivity contribution >= 4 is 12.4 Å². The van der Waals surface area contributed by atoms with Crippen molar-refractivity contribution in [3.05, 3.63) is 23.8 Å². The average molecular weight is 330 g/mol. The van der Waals surface area contributed by atoms with Gasteiger partial charge < -0.3 is 19.7 Å². The van der Waals surface area contributed by atoms with Crippen molar-refractivity contribution in [3.8, 4) is 23.0 Å². The molecule has 120 valence electrons. The first-order chi connectivity index (χ1) is 10.1. The van der Waals surface area contributed by atoms with E-state index in [1.807, 2.05) is 0 Å². The summed E-state index contributed by atoms with van der Waals surface area (Å²) in [5, 5.41) is 3.88. The molecular weight excluding hydrogens is 313 g/mol. The van der Waals surface area contributed by atoms with Gasteiger partial charge in [-0.15, -0.1) is 12.4 Å². The molecule has 2 N–H and O–H groups in total. The Kier molecular flexibility index (Phi) is 4.58. The van der Waals surface area contributed by atoms with Crippen LogP contribution in [0.25, 0.3) is 11.5 Å². The summed E-state index contributed by atoms with van der Waals surface area (Å²) >= 11 is 0. The monoisotopic (exact) mass is 329 g/mol. The van der Waals surface area contributed by atoms with Gasteiger partial charge in [-0.1, -0.05) is 5.16 Å². The van der Waals surface area contributed by atoms with Gasteiger partial charge in [0, 0.05) is 6.07 Å². The van der Waals surface area contributed by atoms with E-state index in [-0.39, 0.29) is 23.9 Å². The molecule has 1 aromatic heterocycles. The first kappa shape index (κ1) is 16.5. The van der Waals surface area contributed by atoms with E-state index in [1.54, 1.807) is 0 Å². The van der Waals surface area contributed by atoms with Crippen molar-refractivity contribution in [2.75, 3.05) is 14.2 Å². The molecule has 1 heterocycles. The molecule has 0 bridgehead atoms. The van der Waals surface area contributed by atoms with Crippen LogP contribution < -0.4 is 15.2 Å². The topological polar surface area (TPSA) is 83.4 Å². The molecule has 6 nitrogen and oxygen atoms in total. The lowest BCUT2D eigenvalue weighted by Crippen LogP contribution is -2.44. The highest BCUT2D eigenvalue weighted by Crippen LogP contribution is 2.39. The number of nitrogens with two attached hydrogens (primary N) is 1. The number of methoxy groups -OCH3 is 2. The van der Waals surface area contributed by atoms with E-state index >= 15 is 0 Å². The first-order valence-corrected chi connectivity index (χ1v) is 6.62. The highest BCUT2D eigenvalue weighted by molar-refractivity contribution is 5.85. The number of hydrogen-bond donors (Lipinski definition) is 1. The quantitative estimate of drug-likeness (QED) is 0.928. The Hall–Kier alpha value is -1.86. The average Bonchev–Trinajstić information content (AvgIpc) is 2.94. The summed E-state index contributed by atoms with van der Waals surface area (Å²) in [5.74, 6) is 0.660. The van der Waals surface area contributed by atoms with Gasteiger partial charge in [0.1, 0.15) is 5.82 Å². The molecule has 0 saturated heterocycles. The van der Waals surface area contributed by atoms with Crippen LogP contribution in [0.4, 0.5) is 4.39 Å². The van der Waals surface area contributed by atoms with Gasteiger partial charge in [-0.25, -0.2) is 4.39 Å². The van der Waals surface area contributed by atoms with Crippen LogP contribution in [0.5, 0.6) is 11.5 Å². The Balaban J connectivity index is 0.00000176. The summed E-state index contributed by atoms with van der Waals surface area (Å²) < 4.78 is 29.5. The lowest BCUT2D eigenvalue weighted by molar-refractivity contribution is 0.229. The Morgan fingerprint density at radius 3 is 2.41 bits per heavy atom. The molecule has 0 spiro atoms. The fraction of sp³-hybridized carbons (Fsp3) is 0.429. The summed E-state index contributed by atoms with van der Waals surface area (Å²) in [6, 6.07) is 2.69. The zero-order valence-corrected chi connectivity index (χ0v) is 13.1. The van der Waals surface area contributed by atoms with Crippen LogP contribution in [-0.4, -0.2) is 24.4 Å². The van der Waals surface area contributed by atoms with Gasteiger partial charge >= 0.3 is 0 Å². The molecule has 1 aliphatic rings. The Morgan fingerprint density at radius 1 is 1.23 bits per heavy atom. The van der Waals surface area contributed by atoms with Crippen LogP contribution in [0.1, 0.15) is 25.1 Å². The van der Waals surface area contributed by atoms with Crippen LogP contribution in [0.3, 0.4) is 0 Å². The van der Waals surface area contributed by atoms with Gasteiger partial charge in [-0.2, -0.15) is 4.98 Å². The lowest BCUT2D eigenvalue weighted by atomic mass is 9.77. The van der Waals surface area contributed by atoms with E-state index in [4.69, 9.17) is 19.7 Å². The van der Waals surface area contributed by atoms with Gasteiger partial charge in [0.25, 0.3) is 5.89 Å². The highest BCUT2D eigenvalue weighted by Gasteiger charge is 2.39. The largest absolute Gasteiger partial charge is 0.493 e. The van der Waals surface area contributed by atoms with Crippen LogP contribution >= 0.6 is 12.4 Å². The van der Waals surface area contributed by atoms with E-state index < -0.39 is 11.4 Å². The van der Waals surface area contributed by atoms with Crippen molar-refractivity contribution in [2.24, 2.45) is 5.73 Å². The van der Waals surface area contributed by atoms with Crippen molar-refractivity contribution in [2.45, 2.75) is 24.8 Å². The minimum atomic E-state index is -0.547. The number of ether oxygens (including phenoxy) is 2. The smallest absolute Gasteiger partial charge is 0.261 e. The number of halogens is 2. The van der Waals surface area contributed by atoms with E-state index in [0.29, 0.717) is 17.3 Å². The molecular formula is C14H17ClFN3O3. The Morgan fingerprint density at radius 2 is 1.86 bits per heavy atom. The van der Waals surface area contributed by atoms with Gasteiger partial charge in [-0.05, 0) is 25.3 Å². The summed E-state index contributed by atoms with van der Waals surface area (Å²) in [7, 11) is 2.92. The molecule has 0 radical (unpaired) electrons. The Labute approximate surface area is 133 Å². The van der Waals surface area contributed by atoms with E-state index in [1.165, 1.54) is 26.4 Å². The van der Waals surface area contributed by atoms with E-state index in [2.05, 4.69) is 10.1 Å². The predicted molar refractivity (Wildman–Crippen MR) is 79.8 cm³/mol. The maximum absolute atomic E-state index is 14.1. The second-order valence-corrected chi connectivity index (χ2v) is 5.12. The van der Waals surface area contributed by atoms with Gasteiger partial charge in [-0.3, -0.25) is 0 Å². The van der Waals surface area contributed by atoms with Crippen LogP contribution in [-0.2, 0) is 5.54 Å². The van der Waals surface area contributed by atoms with Crippen molar-refractivity contribution in [1.82, 2.24) is 10.1 Å². The molecule has 8 heteroatoms. The molecule has 0 aliphatic heterocycles. The third kappa shape index (κ3) is 2.62. The van der Waals surface area contributed by atoms with Crippen molar-refractivity contribution in [3.63, 3.8) is 0 Å².